The lowest BCUT2D eigenvalue weighted by Crippen LogP contribution is -2.29. The number of hydrogen-bond acceptors (Lipinski definition) is 2. The molecule has 0 spiro atoms. The molecule has 100 valence electrons. The summed E-state index contributed by atoms with van der Waals surface area (Å²) in [5.41, 5.74) is 6.35. The monoisotopic (exact) mass is 262 g/mol. The van der Waals surface area contributed by atoms with Gasteiger partial charge in [-0.15, -0.1) is 0 Å². The van der Waals surface area contributed by atoms with Gasteiger partial charge in [0.25, 0.3) is 0 Å². The predicted octanol–water partition coefficient (Wildman–Crippen LogP) is 3.13. The molecule has 0 aliphatic rings. The summed E-state index contributed by atoms with van der Waals surface area (Å²) in [6, 6.07) is 9.42. The molecule has 3 N–H and O–H groups in total. The van der Waals surface area contributed by atoms with Crippen LogP contribution in [-0.2, 0) is 0 Å². The van der Waals surface area contributed by atoms with E-state index in [-0.39, 0.29) is 6.04 Å². The molecular weight excluding hydrogens is 246 g/mol. The molecule has 0 saturated carbocycles. The molecule has 19 heavy (non-hydrogen) atoms. The molecule has 0 saturated heterocycles. The Bertz CT molecular complexity index is 576. The Morgan fingerprint density at radius 1 is 0.895 bits per heavy atom. The van der Waals surface area contributed by atoms with Gasteiger partial charge in [-0.25, -0.2) is 14.2 Å². The second-order valence-corrected chi connectivity index (χ2v) is 4.69. The third kappa shape index (κ3) is 2.97. The molecule has 1 unspecified atom stereocenters. The van der Waals surface area contributed by atoms with Gasteiger partial charge < -0.3 is 0 Å². The van der Waals surface area contributed by atoms with Crippen LogP contribution in [0.3, 0.4) is 0 Å². The van der Waals surface area contributed by atoms with Gasteiger partial charge in [0.2, 0.25) is 0 Å². The van der Waals surface area contributed by atoms with Gasteiger partial charge in [-0.3, -0.25) is 5.84 Å². The van der Waals surface area contributed by atoms with E-state index in [4.69, 9.17) is 5.84 Å². The molecule has 0 amide bonds. The second kappa shape index (κ2) is 5.47. The lowest BCUT2D eigenvalue weighted by Gasteiger charge is -2.18. The summed E-state index contributed by atoms with van der Waals surface area (Å²) < 4.78 is 26.3. The number of halogens is 2. The van der Waals surface area contributed by atoms with Gasteiger partial charge in [-0.2, -0.15) is 0 Å². The second-order valence-electron chi connectivity index (χ2n) is 4.69. The predicted molar refractivity (Wildman–Crippen MR) is 71.4 cm³/mol. The lowest BCUT2D eigenvalue weighted by atomic mass is 9.96. The van der Waals surface area contributed by atoms with E-state index in [0.717, 1.165) is 28.8 Å². The highest BCUT2D eigenvalue weighted by molar-refractivity contribution is 5.37. The molecule has 4 heteroatoms. The van der Waals surface area contributed by atoms with Crippen LogP contribution in [0.15, 0.2) is 36.4 Å². The third-order valence-electron chi connectivity index (χ3n) is 3.02. The van der Waals surface area contributed by atoms with Crippen LogP contribution < -0.4 is 11.3 Å². The van der Waals surface area contributed by atoms with Gasteiger partial charge in [-0.1, -0.05) is 35.4 Å². The van der Waals surface area contributed by atoms with Gasteiger partial charge in [-0.05, 0) is 37.1 Å². The van der Waals surface area contributed by atoms with E-state index in [9.17, 15) is 8.78 Å². The van der Waals surface area contributed by atoms with Crippen LogP contribution in [0.5, 0.6) is 0 Å². The Morgan fingerprint density at radius 3 is 2.05 bits per heavy atom. The fourth-order valence-electron chi connectivity index (χ4n) is 2.25. The van der Waals surface area contributed by atoms with Gasteiger partial charge in [0, 0.05) is 0 Å². The van der Waals surface area contributed by atoms with Crippen LogP contribution in [0.25, 0.3) is 0 Å². The van der Waals surface area contributed by atoms with Crippen LogP contribution >= 0.6 is 0 Å². The van der Waals surface area contributed by atoms with Crippen LogP contribution in [0.4, 0.5) is 8.78 Å². The van der Waals surface area contributed by atoms with Crippen LogP contribution in [0.2, 0.25) is 0 Å². The fourth-order valence-corrected chi connectivity index (χ4v) is 2.25. The quantitative estimate of drug-likeness (QED) is 0.658. The summed E-state index contributed by atoms with van der Waals surface area (Å²) in [4.78, 5) is 0. The van der Waals surface area contributed by atoms with Crippen LogP contribution in [0.1, 0.15) is 28.3 Å². The zero-order chi connectivity index (χ0) is 14.0. The molecule has 2 aromatic rings. The smallest absolute Gasteiger partial charge is 0.159 e. The summed E-state index contributed by atoms with van der Waals surface area (Å²) in [6.07, 6.45) is 0. The maximum Gasteiger partial charge on any atom is 0.159 e. The molecule has 0 aromatic heterocycles. The number of hydrogen-bond donors (Lipinski definition) is 2. The van der Waals surface area contributed by atoms with E-state index in [2.05, 4.69) is 5.43 Å². The highest BCUT2D eigenvalue weighted by Crippen LogP contribution is 2.24. The highest BCUT2D eigenvalue weighted by atomic mass is 19.2. The van der Waals surface area contributed by atoms with Crippen LogP contribution in [0, 0.1) is 25.5 Å². The summed E-state index contributed by atoms with van der Waals surface area (Å²) in [5.74, 6) is 3.82. The van der Waals surface area contributed by atoms with Crippen molar-refractivity contribution < 1.29 is 8.78 Å². The summed E-state index contributed by atoms with van der Waals surface area (Å²) >= 11 is 0. The first-order chi connectivity index (χ1) is 9.01. The summed E-state index contributed by atoms with van der Waals surface area (Å²) in [7, 11) is 0. The van der Waals surface area contributed by atoms with Gasteiger partial charge in [0.05, 0.1) is 6.04 Å². The van der Waals surface area contributed by atoms with Crippen molar-refractivity contribution in [2.45, 2.75) is 19.9 Å². The van der Waals surface area contributed by atoms with Gasteiger partial charge >= 0.3 is 0 Å². The van der Waals surface area contributed by atoms with Crippen molar-refractivity contribution in [3.8, 4) is 0 Å². The first-order valence-electron chi connectivity index (χ1n) is 6.00. The van der Waals surface area contributed by atoms with Crippen molar-refractivity contribution in [3.63, 3.8) is 0 Å². The van der Waals surface area contributed by atoms with Crippen molar-refractivity contribution >= 4 is 0 Å². The van der Waals surface area contributed by atoms with E-state index in [0.29, 0.717) is 5.56 Å². The van der Waals surface area contributed by atoms with Crippen molar-refractivity contribution in [2.24, 2.45) is 5.84 Å². The maximum atomic E-state index is 13.3. The number of rotatable bonds is 3. The molecule has 0 fully saturated rings. The van der Waals surface area contributed by atoms with Crippen LogP contribution in [-0.4, -0.2) is 0 Å². The summed E-state index contributed by atoms with van der Waals surface area (Å²) in [5, 5.41) is 0. The minimum absolute atomic E-state index is 0.367. The Kier molecular flexibility index (Phi) is 3.93. The molecule has 0 aliphatic carbocycles. The lowest BCUT2D eigenvalue weighted by molar-refractivity contribution is 0.504. The van der Waals surface area contributed by atoms with Crippen molar-refractivity contribution in [1.29, 1.82) is 0 Å². The molecule has 0 heterocycles. The van der Waals surface area contributed by atoms with E-state index in [1.165, 1.54) is 6.07 Å². The standard InChI is InChI=1S/C15H16F2N2/c1-9-5-10(2)7-12(6-9)15(19-18)11-3-4-13(16)14(17)8-11/h3-8,15,19H,18H2,1-2H3. The van der Waals surface area contributed by atoms with E-state index in [1.54, 1.807) is 0 Å². The van der Waals surface area contributed by atoms with E-state index >= 15 is 0 Å². The van der Waals surface area contributed by atoms with Gasteiger partial charge in [0.15, 0.2) is 11.6 Å². The Labute approximate surface area is 111 Å². The average molecular weight is 262 g/mol. The van der Waals surface area contributed by atoms with E-state index in [1.807, 2.05) is 32.0 Å². The van der Waals surface area contributed by atoms with Crippen molar-refractivity contribution in [3.05, 3.63) is 70.3 Å². The molecule has 2 aromatic carbocycles. The largest absolute Gasteiger partial charge is 0.271 e. The van der Waals surface area contributed by atoms with Gasteiger partial charge in [0.1, 0.15) is 0 Å². The number of nitrogens with one attached hydrogen (secondary N) is 1. The topological polar surface area (TPSA) is 38.0 Å². The third-order valence-corrected chi connectivity index (χ3v) is 3.02. The Morgan fingerprint density at radius 2 is 1.53 bits per heavy atom. The minimum atomic E-state index is -0.873. The van der Waals surface area contributed by atoms with Crippen molar-refractivity contribution in [2.75, 3.05) is 0 Å². The fraction of sp³-hybridized carbons (Fsp3) is 0.200. The number of aryl methyl sites for hydroxylation is 2. The molecule has 2 nitrogen and oxygen atoms in total. The molecule has 2 rings (SSSR count). The Balaban J connectivity index is 2.46. The zero-order valence-electron chi connectivity index (χ0n) is 10.9. The number of hydrazine groups is 1. The SMILES string of the molecule is Cc1cc(C)cc(C(NN)c2ccc(F)c(F)c2)c1. The average Bonchev–Trinajstić information content (AvgIpc) is 2.33. The number of nitrogens with two attached hydrogens (primary N) is 1. The first-order valence-corrected chi connectivity index (χ1v) is 6.00. The molecule has 0 radical (unpaired) electrons. The molecular formula is C15H16F2N2. The number of benzene rings is 2. The van der Waals surface area contributed by atoms with Crippen molar-refractivity contribution in [1.82, 2.24) is 5.43 Å². The highest BCUT2D eigenvalue weighted by Gasteiger charge is 2.15. The first kappa shape index (κ1) is 13.6. The maximum absolute atomic E-state index is 13.3. The minimum Gasteiger partial charge on any atom is -0.271 e. The summed E-state index contributed by atoms with van der Waals surface area (Å²) in [6.45, 7) is 3.96. The van der Waals surface area contributed by atoms with E-state index < -0.39 is 11.6 Å². The molecule has 0 aliphatic heterocycles. The molecule has 1 atom stereocenters. The Hall–Kier alpha value is -1.78. The molecule has 0 bridgehead atoms. The zero-order valence-corrected chi connectivity index (χ0v) is 10.9. The normalized spacial score (nSPS) is 12.5.